The van der Waals surface area contributed by atoms with Crippen LogP contribution < -0.4 is 9.80 Å². The molecule has 1 aliphatic heterocycles. The van der Waals surface area contributed by atoms with Gasteiger partial charge in [-0.1, -0.05) is 66.2 Å². The molecule has 1 fully saturated rings. The van der Waals surface area contributed by atoms with Crippen molar-refractivity contribution < 1.29 is 4.39 Å². The summed E-state index contributed by atoms with van der Waals surface area (Å²) in [5, 5.41) is 4.96. The Hall–Kier alpha value is -4.19. The van der Waals surface area contributed by atoms with E-state index in [0.29, 0.717) is 5.69 Å². The first-order chi connectivity index (χ1) is 17.2. The van der Waals surface area contributed by atoms with E-state index in [1.165, 1.54) is 11.6 Å². The van der Waals surface area contributed by atoms with Gasteiger partial charge in [0.25, 0.3) is 0 Å². The van der Waals surface area contributed by atoms with Crippen LogP contribution in [0.5, 0.6) is 0 Å². The van der Waals surface area contributed by atoms with Crippen molar-refractivity contribution in [3.63, 3.8) is 0 Å². The van der Waals surface area contributed by atoms with Gasteiger partial charge in [0, 0.05) is 49.4 Å². The van der Waals surface area contributed by atoms with E-state index in [1.54, 1.807) is 6.07 Å². The van der Waals surface area contributed by atoms with E-state index in [4.69, 9.17) is 10.1 Å². The number of anilines is 2. The molecule has 3 heterocycles. The summed E-state index contributed by atoms with van der Waals surface area (Å²) in [6.07, 6.45) is 0. The maximum absolute atomic E-state index is 14.4. The van der Waals surface area contributed by atoms with Crippen LogP contribution >= 0.6 is 0 Å². The molecule has 2 aromatic heterocycles. The molecule has 1 aliphatic rings. The SMILES string of the molecule is Cc1cccc(-c2cc3nc(-c4ccccc4)cc(N4CCN(c5ccccc5F)CC4)n3n2)c1. The number of hydrogen-bond donors (Lipinski definition) is 0. The molecule has 3 aromatic carbocycles. The lowest BCUT2D eigenvalue weighted by molar-refractivity contribution is 0.594. The lowest BCUT2D eigenvalue weighted by Crippen LogP contribution is -2.47. The Bertz CT molecular complexity index is 1490. The number of fused-ring (bicyclic) bond motifs is 1. The maximum atomic E-state index is 14.4. The van der Waals surface area contributed by atoms with Crippen molar-refractivity contribution >= 4 is 17.2 Å². The van der Waals surface area contributed by atoms with Gasteiger partial charge in [-0.05, 0) is 25.1 Å². The van der Waals surface area contributed by atoms with E-state index < -0.39 is 0 Å². The van der Waals surface area contributed by atoms with Gasteiger partial charge in [-0.2, -0.15) is 9.61 Å². The van der Waals surface area contributed by atoms with E-state index in [1.807, 2.05) is 34.8 Å². The number of halogens is 1. The third-order valence-corrected chi connectivity index (χ3v) is 6.59. The number of piperazine rings is 1. The van der Waals surface area contributed by atoms with Crippen LogP contribution in [0.3, 0.4) is 0 Å². The number of para-hydroxylation sites is 1. The summed E-state index contributed by atoms with van der Waals surface area (Å²) in [7, 11) is 0. The third kappa shape index (κ3) is 4.12. The molecule has 6 rings (SSSR count). The Kier molecular flexibility index (Phi) is 5.41. The van der Waals surface area contributed by atoms with E-state index in [9.17, 15) is 4.39 Å². The van der Waals surface area contributed by atoms with Gasteiger partial charge in [0.1, 0.15) is 11.6 Å². The van der Waals surface area contributed by atoms with Gasteiger partial charge in [-0.3, -0.25) is 0 Å². The first-order valence-corrected chi connectivity index (χ1v) is 11.9. The van der Waals surface area contributed by atoms with Crippen LogP contribution in [0.15, 0.2) is 91.0 Å². The van der Waals surface area contributed by atoms with E-state index in [2.05, 4.69) is 65.3 Å². The van der Waals surface area contributed by atoms with Gasteiger partial charge in [-0.25, -0.2) is 9.37 Å². The lowest BCUT2D eigenvalue weighted by Gasteiger charge is -2.37. The van der Waals surface area contributed by atoms with Crippen LogP contribution in [-0.2, 0) is 0 Å². The summed E-state index contributed by atoms with van der Waals surface area (Å²) in [5.41, 5.74) is 6.64. The highest BCUT2D eigenvalue weighted by molar-refractivity contribution is 5.71. The minimum Gasteiger partial charge on any atom is -0.366 e. The Balaban J connectivity index is 1.40. The number of aryl methyl sites for hydroxylation is 1. The zero-order chi connectivity index (χ0) is 23.8. The fourth-order valence-corrected chi connectivity index (χ4v) is 4.77. The molecule has 174 valence electrons. The molecule has 0 aliphatic carbocycles. The standard InChI is InChI=1S/C29H26FN5/c1-21-8-7-11-23(18-21)26-19-28-31-25(22-9-3-2-4-10-22)20-29(35(28)32-26)34-16-14-33(15-17-34)27-13-6-5-12-24(27)30/h2-13,18-20H,14-17H2,1H3. The quantitative estimate of drug-likeness (QED) is 0.336. The summed E-state index contributed by atoms with van der Waals surface area (Å²) < 4.78 is 16.3. The average Bonchev–Trinajstić information content (AvgIpc) is 3.34. The third-order valence-electron chi connectivity index (χ3n) is 6.59. The molecule has 0 N–H and O–H groups in total. The van der Waals surface area contributed by atoms with Gasteiger partial charge in [0.2, 0.25) is 0 Å². The van der Waals surface area contributed by atoms with Gasteiger partial charge in [0.05, 0.1) is 17.1 Å². The lowest BCUT2D eigenvalue weighted by atomic mass is 10.1. The molecule has 5 aromatic rings. The van der Waals surface area contributed by atoms with Crippen LogP contribution in [0.4, 0.5) is 15.9 Å². The number of hydrogen-bond acceptors (Lipinski definition) is 4. The molecule has 6 heteroatoms. The first-order valence-electron chi connectivity index (χ1n) is 11.9. The fourth-order valence-electron chi connectivity index (χ4n) is 4.77. The van der Waals surface area contributed by atoms with Crippen LogP contribution in [-0.4, -0.2) is 40.8 Å². The molecular formula is C29H26FN5. The number of rotatable bonds is 4. The Morgan fingerprint density at radius 2 is 1.40 bits per heavy atom. The molecule has 0 saturated carbocycles. The molecule has 1 saturated heterocycles. The summed E-state index contributed by atoms with van der Waals surface area (Å²) in [5.74, 6) is 0.828. The highest BCUT2D eigenvalue weighted by Gasteiger charge is 2.23. The average molecular weight is 464 g/mol. The highest BCUT2D eigenvalue weighted by Crippen LogP contribution is 2.29. The minimum atomic E-state index is -0.173. The van der Waals surface area contributed by atoms with Crippen molar-refractivity contribution in [3.8, 4) is 22.5 Å². The van der Waals surface area contributed by atoms with E-state index in [0.717, 1.165) is 60.2 Å². The van der Waals surface area contributed by atoms with Crippen molar-refractivity contribution in [2.24, 2.45) is 0 Å². The molecule has 5 nitrogen and oxygen atoms in total. The first kappa shape index (κ1) is 21.4. The van der Waals surface area contributed by atoms with Crippen molar-refractivity contribution in [2.75, 3.05) is 36.0 Å². The Morgan fingerprint density at radius 3 is 2.17 bits per heavy atom. The van der Waals surface area contributed by atoms with Crippen LogP contribution in [0, 0.1) is 12.7 Å². The van der Waals surface area contributed by atoms with Crippen molar-refractivity contribution in [1.82, 2.24) is 14.6 Å². The van der Waals surface area contributed by atoms with E-state index in [-0.39, 0.29) is 5.82 Å². The molecular weight excluding hydrogens is 437 g/mol. The van der Waals surface area contributed by atoms with Gasteiger partial charge in [0.15, 0.2) is 5.65 Å². The minimum absolute atomic E-state index is 0.173. The second-order valence-electron chi connectivity index (χ2n) is 8.96. The monoisotopic (exact) mass is 463 g/mol. The Labute approximate surface area is 204 Å². The van der Waals surface area contributed by atoms with Crippen molar-refractivity contribution in [1.29, 1.82) is 0 Å². The van der Waals surface area contributed by atoms with Crippen molar-refractivity contribution in [3.05, 3.63) is 102 Å². The number of benzene rings is 3. The summed E-state index contributed by atoms with van der Waals surface area (Å²) >= 11 is 0. The normalized spacial score (nSPS) is 14.0. The van der Waals surface area contributed by atoms with Crippen molar-refractivity contribution in [2.45, 2.75) is 6.92 Å². The molecule has 0 unspecified atom stereocenters. The second-order valence-corrected chi connectivity index (χ2v) is 8.96. The largest absolute Gasteiger partial charge is 0.366 e. The fraction of sp³-hybridized carbons (Fsp3) is 0.172. The summed E-state index contributed by atoms with van der Waals surface area (Å²) in [4.78, 5) is 9.40. The molecule has 0 spiro atoms. The number of nitrogens with zero attached hydrogens (tertiary/aromatic N) is 5. The van der Waals surface area contributed by atoms with Gasteiger partial charge >= 0.3 is 0 Å². The zero-order valence-electron chi connectivity index (χ0n) is 19.6. The van der Waals surface area contributed by atoms with Gasteiger partial charge < -0.3 is 9.80 Å². The summed E-state index contributed by atoms with van der Waals surface area (Å²) in [6, 6.07) is 29.8. The topological polar surface area (TPSA) is 36.7 Å². The second kappa shape index (κ2) is 8.87. The van der Waals surface area contributed by atoms with E-state index >= 15 is 0 Å². The molecule has 0 amide bonds. The molecule has 0 radical (unpaired) electrons. The molecule has 35 heavy (non-hydrogen) atoms. The predicted octanol–water partition coefficient (Wildman–Crippen LogP) is 5.84. The molecule has 0 bridgehead atoms. The Morgan fingerprint density at radius 1 is 0.686 bits per heavy atom. The number of aromatic nitrogens is 3. The van der Waals surface area contributed by atoms with Crippen LogP contribution in [0.2, 0.25) is 0 Å². The maximum Gasteiger partial charge on any atom is 0.158 e. The predicted molar refractivity (Wildman–Crippen MR) is 139 cm³/mol. The highest BCUT2D eigenvalue weighted by atomic mass is 19.1. The van der Waals surface area contributed by atoms with Crippen LogP contribution in [0.25, 0.3) is 28.2 Å². The summed E-state index contributed by atoms with van der Waals surface area (Å²) in [6.45, 7) is 5.09. The van der Waals surface area contributed by atoms with Gasteiger partial charge in [-0.15, -0.1) is 0 Å². The smallest absolute Gasteiger partial charge is 0.158 e. The zero-order valence-corrected chi connectivity index (χ0v) is 19.6. The molecule has 0 atom stereocenters. The van der Waals surface area contributed by atoms with Crippen LogP contribution in [0.1, 0.15) is 5.56 Å².